The molecular weight excluding hydrogens is 232 g/mol. The van der Waals surface area contributed by atoms with E-state index in [2.05, 4.69) is 48.5 Å². The van der Waals surface area contributed by atoms with Crippen molar-refractivity contribution in [2.75, 3.05) is 19.0 Å². The number of aromatic nitrogens is 2. The van der Waals surface area contributed by atoms with Gasteiger partial charge in [0.1, 0.15) is 0 Å². The molecule has 2 N–H and O–H groups in total. The molecule has 6 heteroatoms. The van der Waals surface area contributed by atoms with Crippen LogP contribution in [0.3, 0.4) is 0 Å². The molecule has 1 heterocycles. The summed E-state index contributed by atoms with van der Waals surface area (Å²) >= 11 is 0. The monoisotopic (exact) mass is 256 g/mol. The standard InChI is InChI=1S/C12H24N4O2/c1-9(6-7-17-5)14-11-16-15-10(18-11)8-13-12(2,3)4/h9,13H,6-8H2,1-5H3,(H,14,16). The van der Waals surface area contributed by atoms with Gasteiger partial charge in [-0.3, -0.25) is 0 Å². The Balaban J connectivity index is 2.38. The Labute approximate surface area is 108 Å². The largest absolute Gasteiger partial charge is 0.407 e. The minimum Gasteiger partial charge on any atom is -0.407 e. The van der Waals surface area contributed by atoms with Crippen LogP contribution in [-0.2, 0) is 11.3 Å². The molecule has 0 aliphatic heterocycles. The third-order valence-electron chi connectivity index (χ3n) is 2.36. The van der Waals surface area contributed by atoms with Crippen molar-refractivity contribution in [1.82, 2.24) is 15.5 Å². The van der Waals surface area contributed by atoms with Crippen LogP contribution in [0.1, 0.15) is 40.0 Å². The summed E-state index contributed by atoms with van der Waals surface area (Å²) < 4.78 is 10.5. The summed E-state index contributed by atoms with van der Waals surface area (Å²) in [6.07, 6.45) is 0.897. The summed E-state index contributed by atoms with van der Waals surface area (Å²) in [5, 5.41) is 14.4. The van der Waals surface area contributed by atoms with E-state index < -0.39 is 0 Å². The van der Waals surface area contributed by atoms with Crippen LogP contribution in [0.25, 0.3) is 0 Å². The highest BCUT2D eigenvalue weighted by Crippen LogP contribution is 2.09. The summed E-state index contributed by atoms with van der Waals surface area (Å²) in [6.45, 7) is 9.61. The molecule has 0 saturated heterocycles. The topological polar surface area (TPSA) is 72.2 Å². The zero-order valence-electron chi connectivity index (χ0n) is 11.9. The summed E-state index contributed by atoms with van der Waals surface area (Å²) in [6, 6.07) is 0.707. The number of nitrogens with one attached hydrogen (secondary N) is 2. The number of hydrogen-bond donors (Lipinski definition) is 2. The highest BCUT2D eigenvalue weighted by atomic mass is 16.5. The van der Waals surface area contributed by atoms with Crippen LogP contribution >= 0.6 is 0 Å². The smallest absolute Gasteiger partial charge is 0.315 e. The first kappa shape index (κ1) is 14.9. The third-order valence-corrected chi connectivity index (χ3v) is 2.36. The van der Waals surface area contributed by atoms with Crippen LogP contribution in [0.2, 0.25) is 0 Å². The molecule has 0 radical (unpaired) electrons. The van der Waals surface area contributed by atoms with E-state index in [0.29, 0.717) is 25.1 Å². The van der Waals surface area contributed by atoms with Crippen molar-refractivity contribution in [3.63, 3.8) is 0 Å². The molecule has 0 aromatic carbocycles. The van der Waals surface area contributed by atoms with Crippen molar-refractivity contribution in [3.8, 4) is 0 Å². The highest BCUT2D eigenvalue weighted by Gasteiger charge is 2.13. The molecule has 0 spiro atoms. The lowest BCUT2D eigenvalue weighted by atomic mass is 10.1. The van der Waals surface area contributed by atoms with Gasteiger partial charge in [-0.1, -0.05) is 5.10 Å². The Kier molecular flexibility index (Phi) is 5.55. The van der Waals surface area contributed by atoms with Crippen molar-refractivity contribution >= 4 is 6.01 Å². The minimum atomic E-state index is 0.0355. The van der Waals surface area contributed by atoms with Gasteiger partial charge in [-0.2, -0.15) is 0 Å². The van der Waals surface area contributed by atoms with Crippen molar-refractivity contribution in [3.05, 3.63) is 5.89 Å². The molecule has 1 aromatic heterocycles. The predicted molar refractivity (Wildman–Crippen MR) is 70.5 cm³/mol. The molecule has 0 aliphatic rings. The summed E-state index contributed by atoms with van der Waals surface area (Å²) in [5.74, 6) is 0.589. The molecule has 1 aromatic rings. The van der Waals surface area contributed by atoms with Gasteiger partial charge in [0.15, 0.2) is 0 Å². The maximum Gasteiger partial charge on any atom is 0.315 e. The average Bonchev–Trinajstić information content (AvgIpc) is 2.70. The average molecular weight is 256 g/mol. The maximum atomic E-state index is 5.49. The van der Waals surface area contributed by atoms with E-state index in [1.54, 1.807) is 7.11 Å². The van der Waals surface area contributed by atoms with Crippen LogP contribution in [0.5, 0.6) is 0 Å². The normalized spacial score (nSPS) is 13.6. The van der Waals surface area contributed by atoms with E-state index in [1.165, 1.54) is 0 Å². The van der Waals surface area contributed by atoms with Gasteiger partial charge < -0.3 is 19.8 Å². The first-order valence-electron chi connectivity index (χ1n) is 6.23. The maximum absolute atomic E-state index is 5.49. The Morgan fingerprint density at radius 1 is 1.33 bits per heavy atom. The quantitative estimate of drug-likeness (QED) is 0.775. The van der Waals surface area contributed by atoms with Crippen LogP contribution < -0.4 is 10.6 Å². The van der Waals surface area contributed by atoms with Crippen molar-refractivity contribution in [2.45, 2.75) is 52.2 Å². The van der Waals surface area contributed by atoms with Crippen molar-refractivity contribution < 1.29 is 9.15 Å². The molecule has 1 rings (SSSR count). The lowest BCUT2D eigenvalue weighted by Crippen LogP contribution is -2.35. The fraction of sp³-hybridized carbons (Fsp3) is 0.833. The number of nitrogens with zero attached hydrogens (tertiary/aromatic N) is 2. The highest BCUT2D eigenvalue weighted by molar-refractivity contribution is 5.18. The summed E-state index contributed by atoms with van der Waals surface area (Å²) in [5.41, 5.74) is 0.0355. The Bertz CT molecular complexity index is 346. The molecule has 0 fully saturated rings. The van der Waals surface area contributed by atoms with Gasteiger partial charge in [0.25, 0.3) is 0 Å². The molecular formula is C12H24N4O2. The second-order valence-corrected chi connectivity index (χ2v) is 5.43. The van der Waals surface area contributed by atoms with Gasteiger partial charge in [-0.05, 0) is 34.1 Å². The van der Waals surface area contributed by atoms with E-state index >= 15 is 0 Å². The number of rotatable bonds is 7. The van der Waals surface area contributed by atoms with Crippen LogP contribution in [0.4, 0.5) is 6.01 Å². The molecule has 1 unspecified atom stereocenters. The zero-order chi connectivity index (χ0) is 13.6. The van der Waals surface area contributed by atoms with Crippen LogP contribution in [-0.4, -0.2) is 35.5 Å². The SMILES string of the molecule is COCCC(C)Nc1nnc(CNC(C)(C)C)o1. The van der Waals surface area contributed by atoms with Crippen molar-refractivity contribution in [2.24, 2.45) is 0 Å². The lowest BCUT2D eigenvalue weighted by molar-refractivity contribution is 0.191. The second kappa shape index (κ2) is 6.70. The van der Waals surface area contributed by atoms with Crippen molar-refractivity contribution in [1.29, 1.82) is 0 Å². The second-order valence-electron chi connectivity index (χ2n) is 5.43. The first-order chi connectivity index (χ1) is 8.40. The zero-order valence-corrected chi connectivity index (χ0v) is 11.9. The van der Waals surface area contributed by atoms with Gasteiger partial charge in [0.2, 0.25) is 5.89 Å². The van der Waals surface area contributed by atoms with E-state index in [0.717, 1.165) is 6.42 Å². The van der Waals surface area contributed by atoms with Crippen LogP contribution in [0.15, 0.2) is 4.42 Å². The molecule has 0 amide bonds. The Hall–Kier alpha value is -1.14. The molecule has 18 heavy (non-hydrogen) atoms. The fourth-order valence-electron chi connectivity index (χ4n) is 1.30. The molecule has 0 saturated carbocycles. The molecule has 0 bridgehead atoms. The summed E-state index contributed by atoms with van der Waals surface area (Å²) in [4.78, 5) is 0. The lowest BCUT2D eigenvalue weighted by Gasteiger charge is -2.18. The van der Waals surface area contributed by atoms with Crippen LogP contribution in [0, 0.1) is 0 Å². The van der Waals surface area contributed by atoms with Gasteiger partial charge in [0.05, 0.1) is 6.54 Å². The van der Waals surface area contributed by atoms with E-state index in [9.17, 15) is 0 Å². The summed E-state index contributed by atoms with van der Waals surface area (Å²) in [7, 11) is 1.69. The van der Waals surface area contributed by atoms with Gasteiger partial charge >= 0.3 is 6.01 Å². The molecule has 104 valence electrons. The molecule has 1 atom stereocenters. The van der Waals surface area contributed by atoms with Gasteiger partial charge in [-0.15, -0.1) is 5.10 Å². The molecule has 6 nitrogen and oxygen atoms in total. The van der Waals surface area contributed by atoms with E-state index in [-0.39, 0.29) is 11.6 Å². The number of anilines is 1. The Morgan fingerprint density at radius 3 is 2.67 bits per heavy atom. The number of ether oxygens (including phenoxy) is 1. The van der Waals surface area contributed by atoms with Gasteiger partial charge in [0, 0.05) is 25.3 Å². The number of hydrogen-bond acceptors (Lipinski definition) is 6. The minimum absolute atomic E-state index is 0.0355. The molecule has 0 aliphatic carbocycles. The fourth-order valence-corrected chi connectivity index (χ4v) is 1.30. The Morgan fingerprint density at radius 2 is 2.06 bits per heavy atom. The number of methoxy groups -OCH3 is 1. The predicted octanol–water partition coefficient (Wildman–Crippen LogP) is 1.79. The van der Waals surface area contributed by atoms with E-state index in [4.69, 9.17) is 9.15 Å². The first-order valence-corrected chi connectivity index (χ1v) is 6.23. The third kappa shape index (κ3) is 5.97. The van der Waals surface area contributed by atoms with E-state index in [1.807, 2.05) is 0 Å². The van der Waals surface area contributed by atoms with Gasteiger partial charge in [-0.25, -0.2) is 0 Å².